The summed E-state index contributed by atoms with van der Waals surface area (Å²) in [5.41, 5.74) is 0. The van der Waals surface area contributed by atoms with Crippen molar-refractivity contribution < 1.29 is 9.59 Å². The summed E-state index contributed by atoms with van der Waals surface area (Å²) in [7, 11) is 0. The van der Waals surface area contributed by atoms with Crippen LogP contribution in [-0.4, -0.2) is 34.8 Å². The minimum Gasteiger partial charge on any atom is -0.342 e. The van der Waals surface area contributed by atoms with Crippen LogP contribution >= 0.6 is 0 Å². The lowest BCUT2D eigenvalue weighted by molar-refractivity contribution is -0.153. The van der Waals surface area contributed by atoms with Gasteiger partial charge in [-0.25, -0.2) is 0 Å². The molecule has 0 spiro atoms. The quantitative estimate of drug-likeness (QED) is 0.826. The molecule has 19 heavy (non-hydrogen) atoms. The molecular weight excluding hydrogens is 240 g/mol. The van der Waals surface area contributed by atoms with E-state index in [0.717, 1.165) is 25.7 Å². The molecule has 108 valence electrons. The van der Waals surface area contributed by atoms with Gasteiger partial charge in [-0.3, -0.25) is 9.59 Å². The fraction of sp³-hybridized carbons (Fsp3) is 0.867. The average Bonchev–Trinajstić information content (AvgIpc) is 3.20. The van der Waals surface area contributed by atoms with Gasteiger partial charge in [0.15, 0.2) is 0 Å². The van der Waals surface area contributed by atoms with Gasteiger partial charge in [0, 0.05) is 6.04 Å². The zero-order valence-corrected chi connectivity index (χ0v) is 12.5. The van der Waals surface area contributed by atoms with Crippen molar-refractivity contribution >= 4 is 11.8 Å². The van der Waals surface area contributed by atoms with E-state index >= 15 is 0 Å². The second kappa shape index (κ2) is 5.51. The molecule has 1 heterocycles. The van der Waals surface area contributed by atoms with Crippen molar-refractivity contribution in [3.63, 3.8) is 0 Å². The number of hydrogen-bond donors (Lipinski definition) is 1. The lowest BCUT2D eigenvalue weighted by atomic mass is 9.91. The maximum Gasteiger partial charge on any atom is 0.246 e. The third-order valence-corrected chi connectivity index (χ3v) is 4.88. The molecule has 4 nitrogen and oxygen atoms in total. The number of nitrogens with zero attached hydrogens (tertiary/aromatic N) is 1. The number of rotatable bonds is 5. The summed E-state index contributed by atoms with van der Waals surface area (Å²) in [6.45, 7) is 8.24. The minimum absolute atomic E-state index is 0.00862. The Morgan fingerprint density at radius 3 is 2.32 bits per heavy atom. The molecule has 0 aromatic rings. The molecule has 1 aliphatic carbocycles. The van der Waals surface area contributed by atoms with Crippen LogP contribution in [0, 0.1) is 11.8 Å². The highest BCUT2D eigenvalue weighted by Gasteiger charge is 2.47. The molecule has 1 N–H and O–H groups in total. The van der Waals surface area contributed by atoms with E-state index in [0.29, 0.717) is 11.8 Å². The molecule has 3 atom stereocenters. The van der Waals surface area contributed by atoms with E-state index in [1.807, 2.05) is 11.8 Å². The maximum atomic E-state index is 12.7. The van der Waals surface area contributed by atoms with Crippen LogP contribution < -0.4 is 5.32 Å². The van der Waals surface area contributed by atoms with Crippen molar-refractivity contribution in [3.8, 4) is 0 Å². The van der Waals surface area contributed by atoms with E-state index in [-0.39, 0.29) is 29.9 Å². The van der Waals surface area contributed by atoms with Crippen LogP contribution in [0.15, 0.2) is 0 Å². The fourth-order valence-corrected chi connectivity index (χ4v) is 3.31. The number of carbonyl (C=O) groups excluding carboxylic acids is 2. The smallest absolute Gasteiger partial charge is 0.246 e. The number of piperazine rings is 1. The highest BCUT2D eigenvalue weighted by Crippen LogP contribution is 2.36. The molecule has 1 aliphatic heterocycles. The Balaban J connectivity index is 2.19. The van der Waals surface area contributed by atoms with Gasteiger partial charge in [0.1, 0.15) is 12.1 Å². The van der Waals surface area contributed by atoms with Crippen molar-refractivity contribution in [2.45, 2.75) is 71.5 Å². The van der Waals surface area contributed by atoms with Crippen LogP contribution in [-0.2, 0) is 9.59 Å². The summed E-state index contributed by atoms with van der Waals surface area (Å²) >= 11 is 0. The summed E-state index contributed by atoms with van der Waals surface area (Å²) in [5, 5.41) is 2.91. The van der Waals surface area contributed by atoms with Gasteiger partial charge in [-0.15, -0.1) is 0 Å². The molecule has 0 bridgehead atoms. The van der Waals surface area contributed by atoms with E-state index < -0.39 is 0 Å². The number of hydrogen-bond acceptors (Lipinski definition) is 2. The SMILES string of the molecule is CCC(CC)C(C)N1C(=O)C(C2CC2)NC(=O)C1C. The predicted octanol–water partition coefficient (Wildman–Crippen LogP) is 1.94. The normalized spacial score (nSPS) is 29.6. The second-order valence-electron chi connectivity index (χ2n) is 6.06. The molecule has 2 rings (SSSR count). The molecule has 0 aromatic carbocycles. The standard InChI is InChI=1S/C15H26N2O2/c1-5-11(6-2)9(3)17-10(4)14(18)16-13(15(17)19)12-7-8-12/h9-13H,5-8H2,1-4H3,(H,16,18). The molecule has 4 heteroatoms. The van der Waals surface area contributed by atoms with Gasteiger partial charge in [-0.2, -0.15) is 0 Å². The third-order valence-electron chi connectivity index (χ3n) is 4.88. The Labute approximate surface area is 115 Å². The molecule has 2 fully saturated rings. The van der Waals surface area contributed by atoms with Gasteiger partial charge in [0.2, 0.25) is 11.8 Å². The van der Waals surface area contributed by atoms with Gasteiger partial charge in [0.05, 0.1) is 0 Å². The van der Waals surface area contributed by atoms with Gasteiger partial charge < -0.3 is 10.2 Å². The van der Waals surface area contributed by atoms with Crippen molar-refractivity contribution in [3.05, 3.63) is 0 Å². The largest absolute Gasteiger partial charge is 0.342 e. The van der Waals surface area contributed by atoms with Gasteiger partial charge >= 0.3 is 0 Å². The molecule has 2 aliphatic rings. The zero-order chi connectivity index (χ0) is 14.2. The van der Waals surface area contributed by atoms with E-state index in [4.69, 9.17) is 0 Å². The van der Waals surface area contributed by atoms with E-state index in [1.165, 1.54) is 0 Å². The Kier molecular flexibility index (Phi) is 4.16. The minimum atomic E-state index is -0.335. The molecular formula is C15H26N2O2. The second-order valence-corrected chi connectivity index (χ2v) is 6.06. The average molecular weight is 266 g/mol. The summed E-state index contributed by atoms with van der Waals surface area (Å²) in [5.74, 6) is 0.987. The monoisotopic (exact) mass is 266 g/mol. The highest BCUT2D eigenvalue weighted by molar-refractivity contribution is 5.97. The first-order valence-electron chi connectivity index (χ1n) is 7.63. The first-order chi connectivity index (χ1) is 9.01. The zero-order valence-electron chi connectivity index (χ0n) is 12.5. The van der Waals surface area contributed by atoms with Crippen LogP contribution in [0.5, 0.6) is 0 Å². The van der Waals surface area contributed by atoms with E-state index in [9.17, 15) is 9.59 Å². The Bertz CT molecular complexity index is 361. The lowest BCUT2D eigenvalue weighted by Crippen LogP contribution is -2.65. The molecule has 2 amide bonds. The summed E-state index contributed by atoms with van der Waals surface area (Å²) < 4.78 is 0. The molecule has 0 radical (unpaired) electrons. The van der Waals surface area contributed by atoms with Crippen molar-refractivity contribution in [2.75, 3.05) is 0 Å². The lowest BCUT2D eigenvalue weighted by Gasteiger charge is -2.43. The Morgan fingerprint density at radius 2 is 1.84 bits per heavy atom. The summed E-state index contributed by atoms with van der Waals surface area (Å²) in [4.78, 5) is 26.6. The number of nitrogens with one attached hydrogen (secondary N) is 1. The van der Waals surface area contributed by atoms with Gasteiger partial charge in [-0.1, -0.05) is 26.7 Å². The van der Waals surface area contributed by atoms with Crippen molar-refractivity contribution in [2.24, 2.45) is 11.8 Å². The molecule has 0 aromatic heterocycles. The number of carbonyl (C=O) groups is 2. The van der Waals surface area contributed by atoms with Crippen LogP contribution in [0.3, 0.4) is 0 Å². The Morgan fingerprint density at radius 1 is 1.26 bits per heavy atom. The fourth-order valence-electron chi connectivity index (χ4n) is 3.31. The molecule has 1 saturated carbocycles. The topological polar surface area (TPSA) is 49.4 Å². The van der Waals surface area contributed by atoms with Gasteiger partial charge in [-0.05, 0) is 38.5 Å². The van der Waals surface area contributed by atoms with Crippen LogP contribution in [0.4, 0.5) is 0 Å². The van der Waals surface area contributed by atoms with Gasteiger partial charge in [0.25, 0.3) is 0 Å². The Hall–Kier alpha value is -1.06. The molecule has 1 saturated heterocycles. The van der Waals surface area contributed by atoms with E-state index in [2.05, 4.69) is 26.1 Å². The third kappa shape index (κ3) is 2.63. The number of amides is 2. The van der Waals surface area contributed by atoms with Crippen LogP contribution in [0.25, 0.3) is 0 Å². The first-order valence-corrected chi connectivity index (χ1v) is 7.63. The highest BCUT2D eigenvalue weighted by atomic mass is 16.2. The maximum absolute atomic E-state index is 12.7. The van der Waals surface area contributed by atoms with Crippen LogP contribution in [0.2, 0.25) is 0 Å². The van der Waals surface area contributed by atoms with Crippen LogP contribution in [0.1, 0.15) is 53.4 Å². The molecule has 3 unspecified atom stereocenters. The predicted molar refractivity (Wildman–Crippen MR) is 74.5 cm³/mol. The van der Waals surface area contributed by atoms with E-state index in [1.54, 1.807) is 0 Å². The van der Waals surface area contributed by atoms with Crippen molar-refractivity contribution in [1.29, 1.82) is 0 Å². The summed E-state index contributed by atoms with van der Waals surface area (Å²) in [6, 6.07) is -0.455. The summed E-state index contributed by atoms with van der Waals surface area (Å²) in [6.07, 6.45) is 4.23. The van der Waals surface area contributed by atoms with Crippen molar-refractivity contribution in [1.82, 2.24) is 10.2 Å². The first kappa shape index (κ1) is 14.4.